The van der Waals surface area contributed by atoms with E-state index < -0.39 is 0 Å². The van der Waals surface area contributed by atoms with E-state index >= 15 is 0 Å². The first kappa shape index (κ1) is 21.3. The number of aromatic nitrogens is 4. The minimum absolute atomic E-state index is 0.0191. The van der Waals surface area contributed by atoms with Crippen LogP contribution in [0.4, 0.5) is 5.69 Å². The van der Waals surface area contributed by atoms with Crippen molar-refractivity contribution in [2.24, 2.45) is 0 Å². The molecule has 168 valence electrons. The van der Waals surface area contributed by atoms with Crippen LogP contribution >= 0.6 is 0 Å². The van der Waals surface area contributed by atoms with Crippen LogP contribution in [0.5, 0.6) is 0 Å². The second-order valence-corrected chi connectivity index (χ2v) is 8.74. The molecule has 0 aliphatic carbocycles. The van der Waals surface area contributed by atoms with Crippen LogP contribution in [0.15, 0.2) is 78.9 Å². The van der Waals surface area contributed by atoms with Crippen molar-refractivity contribution in [1.82, 2.24) is 25.1 Å². The number of rotatable bonds is 6. The molecule has 5 rings (SSSR count). The molecule has 0 bridgehead atoms. The Morgan fingerprint density at radius 1 is 0.788 bits per heavy atom. The zero-order valence-electron chi connectivity index (χ0n) is 19.3. The normalized spacial score (nSPS) is 15.5. The standard InChI is InChI=1S/C27H30N6/c1-21-10-9-15-25(22(21)2)31-16-18-32(19-17-31)26(24-13-7-4-8-14-24)27-28-29-30-33(27)20-23-11-5-3-6-12-23/h3-15,26H,16-20H2,1-2H3/t26-/m0/s1. The lowest BCUT2D eigenvalue weighted by Crippen LogP contribution is -2.48. The molecule has 0 amide bonds. The van der Waals surface area contributed by atoms with E-state index in [0.29, 0.717) is 6.54 Å². The van der Waals surface area contributed by atoms with Gasteiger partial charge in [-0.3, -0.25) is 4.90 Å². The molecule has 6 heteroatoms. The summed E-state index contributed by atoms with van der Waals surface area (Å²) in [5.41, 5.74) is 6.48. The largest absolute Gasteiger partial charge is 0.369 e. The average molecular weight is 439 g/mol. The van der Waals surface area contributed by atoms with Gasteiger partial charge in [0.2, 0.25) is 0 Å². The number of aryl methyl sites for hydroxylation is 1. The van der Waals surface area contributed by atoms with Crippen LogP contribution in [0, 0.1) is 13.8 Å². The third-order valence-corrected chi connectivity index (χ3v) is 6.69. The van der Waals surface area contributed by atoms with Gasteiger partial charge in [-0.1, -0.05) is 72.8 Å². The van der Waals surface area contributed by atoms with E-state index in [2.05, 4.69) is 112 Å². The molecule has 1 aliphatic heterocycles. The van der Waals surface area contributed by atoms with E-state index in [4.69, 9.17) is 0 Å². The van der Waals surface area contributed by atoms with Crippen molar-refractivity contribution >= 4 is 5.69 Å². The molecule has 1 saturated heterocycles. The van der Waals surface area contributed by atoms with Crippen LogP contribution in [0.2, 0.25) is 0 Å². The molecule has 33 heavy (non-hydrogen) atoms. The van der Waals surface area contributed by atoms with Crippen LogP contribution in [-0.2, 0) is 6.54 Å². The lowest BCUT2D eigenvalue weighted by Gasteiger charge is -2.40. The topological polar surface area (TPSA) is 50.1 Å². The lowest BCUT2D eigenvalue weighted by molar-refractivity contribution is 0.201. The van der Waals surface area contributed by atoms with Crippen molar-refractivity contribution in [3.63, 3.8) is 0 Å². The minimum Gasteiger partial charge on any atom is -0.369 e. The predicted molar refractivity (Wildman–Crippen MR) is 131 cm³/mol. The van der Waals surface area contributed by atoms with Crippen molar-refractivity contribution in [2.75, 3.05) is 31.1 Å². The lowest BCUT2D eigenvalue weighted by atomic mass is 10.0. The molecule has 0 unspecified atom stereocenters. The predicted octanol–water partition coefficient (Wildman–Crippen LogP) is 4.25. The van der Waals surface area contributed by atoms with Gasteiger partial charge in [0.15, 0.2) is 5.82 Å². The van der Waals surface area contributed by atoms with Crippen LogP contribution in [0.1, 0.15) is 34.1 Å². The molecule has 0 radical (unpaired) electrons. The summed E-state index contributed by atoms with van der Waals surface area (Å²) >= 11 is 0. The Labute approximate surface area is 195 Å². The summed E-state index contributed by atoms with van der Waals surface area (Å²) < 4.78 is 1.95. The Kier molecular flexibility index (Phi) is 6.17. The maximum Gasteiger partial charge on any atom is 0.173 e. The number of nitrogens with zero attached hydrogens (tertiary/aromatic N) is 6. The third-order valence-electron chi connectivity index (χ3n) is 6.69. The van der Waals surface area contributed by atoms with Gasteiger partial charge >= 0.3 is 0 Å². The van der Waals surface area contributed by atoms with Crippen molar-refractivity contribution in [2.45, 2.75) is 26.4 Å². The van der Waals surface area contributed by atoms with Gasteiger partial charge in [0.1, 0.15) is 0 Å². The zero-order valence-corrected chi connectivity index (χ0v) is 19.3. The number of piperazine rings is 1. The maximum atomic E-state index is 4.51. The maximum absolute atomic E-state index is 4.51. The van der Waals surface area contributed by atoms with Gasteiger partial charge in [-0.25, -0.2) is 4.68 Å². The summed E-state index contributed by atoms with van der Waals surface area (Å²) in [6.07, 6.45) is 0. The number of hydrogen-bond donors (Lipinski definition) is 0. The second kappa shape index (κ2) is 9.55. The molecule has 0 spiro atoms. The quantitative estimate of drug-likeness (QED) is 0.450. The molecular formula is C27H30N6. The fourth-order valence-corrected chi connectivity index (χ4v) is 4.73. The van der Waals surface area contributed by atoms with Crippen LogP contribution in [0.25, 0.3) is 0 Å². The fraction of sp³-hybridized carbons (Fsp3) is 0.296. The summed E-state index contributed by atoms with van der Waals surface area (Å²) in [7, 11) is 0. The van der Waals surface area contributed by atoms with E-state index in [1.807, 2.05) is 10.7 Å². The van der Waals surface area contributed by atoms with Crippen molar-refractivity contribution in [1.29, 1.82) is 0 Å². The van der Waals surface area contributed by atoms with Crippen LogP contribution in [-0.4, -0.2) is 51.3 Å². The average Bonchev–Trinajstić information content (AvgIpc) is 3.30. The molecule has 1 fully saturated rings. The first-order chi connectivity index (χ1) is 16.2. The molecule has 0 saturated carbocycles. The Hall–Kier alpha value is -3.51. The van der Waals surface area contributed by atoms with Gasteiger partial charge in [0.25, 0.3) is 0 Å². The number of tetrazole rings is 1. The molecule has 1 aliphatic rings. The monoisotopic (exact) mass is 438 g/mol. The molecule has 4 aromatic rings. The van der Waals surface area contributed by atoms with E-state index in [1.54, 1.807) is 0 Å². The van der Waals surface area contributed by atoms with Gasteiger partial charge in [0, 0.05) is 31.9 Å². The summed E-state index contributed by atoms with van der Waals surface area (Å²) in [6, 6.07) is 27.6. The van der Waals surface area contributed by atoms with E-state index in [9.17, 15) is 0 Å². The third kappa shape index (κ3) is 4.52. The van der Waals surface area contributed by atoms with Crippen molar-refractivity contribution < 1.29 is 0 Å². The van der Waals surface area contributed by atoms with Crippen molar-refractivity contribution in [3.05, 3.63) is 107 Å². The SMILES string of the molecule is Cc1cccc(N2CCN([C@@H](c3ccccc3)c3nnnn3Cc3ccccc3)CC2)c1C. The Morgan fingerprint density at radius 3 is 2.21 bits per heavy atom. The first-order valence-corrected chi connectivity index (χ1v) is 11.6. The molecule has 3 aromatic carbocycles. The molecule has 1 aromatic heterocycles. The molecular weight excluding hydrogens is 408 g/mol. The van der Waals surface area contributed by atoms with Crippen molar-refractivity contribution in [3.8, 4) is 0 Å². The Balaban J connectivity index is 1.41. The summed E-state index contributed by atoms with van der Waals surface area (Å²) in [5, 5.41) is 12.9. The van der Waals surface area contributed by atoms with E-state index in [0.717, 1.165) is 32.0 Å². The number of benzene rings is 3. The summed E-state index contributed by atoms with van der Waals surface area (Å²) in [5.74, 6) is 0.894. The molecule has 0 N–H and O–H groups in total. The highest BCUT2D eigenvalue weighted by Gasteiger charge is 2.31. The Bertz CT molecular complexity index is 1180. The van der Waals surface area contributed by atoms with E-state index in [1.165, 1.54) is 27.9 Å². The van der Waals surface area contributed by atoms with Crippen LogP contribution < -0.4 is 4.90 Å². The highest BCUT2D eigenvalue weighted by molar-refractivity contribution is 5.56. The van der Waals surface area contributed by atoms with Gasteiger partial charge in [0.05, 0.1) is 12.6 Å². The highest BCUT2D eigenvalue weighted by atomic mass is 15.6. The van der Waals surface area contributed by atoms with Gasteiger partial charge < -0.3 is 4.90 Å². The molecule has 2 heterocycles. The number of anilines is 1. The molecule has 1 atom stereocenters. The van der Waals surface area contributed by atoms with Gasteiger partial charge in [-0.05, 0) is 52.6 Å². The van der Waals surface area contributed by atoms with Gasteiger partial charge in [-0.2, -0.15) is 0 Å². The molecule has 6 nitrogen and oxygen atoms in total. The number of hydrogen-bond acceptors (Lipinski definition) is 5. The highest BCUT2D eigenvalue weighted by Crippen LogP contribution is 2.30. The van der Waals surface area contributed by atoms with E-state index in [-0.39, 0.29) is 6.04 Å². The summed E-state index contributed by atoms with van der Waals surface area (Å²) in [6.45, 7) is 8.93. The Morgan fingerprint density at radius 2 is 1.48 bits per heavy atom. The zero-order chi connectivity index (χ0) is 22.6. The first-order valence-electron chi connectivity index (χ1n) is 11.6. The summed E-state index contributed by atoms with van der Waals surface area (Å²) in [4.78, 5) is 5.03. The van der Waals surface area contributed by atoms with Gasteiger partial charge in [-0.15, -0.1) is 5.10 Å². The second-order valence-electron chi connectivity index (χ2n) is 8.74. The fourth-order valence-electron chi connectivity index (χ4n) is 4.73. The minimum atomic E-state index is 0.0191. The smallest absolute Gasteiger partial charge is 0.173 e. The van der Waals surface area contributed by atoms with Crippen LogP contribution in [0.3, 0.4) is 0 Å².